The van der Waals surface area contributed by atoms with Crippen LogP contribution in [0.5, 0.6) is 0 Å². The lowest BCUT2D eigenvalue weighted by Gasteiger charge is -2.08. The van der Waals surface area contributed by atoms with Crippen LogP contribution >= 0.6 is 34.5 Å². The van der Waals surface area contributed by atoms with Gasteiger partial charge in [-0.05, 0) is 29.6 Å². The van der Waals surface area contributed by atoms with Crippen LogP contribution in [0.1, 0.15) is 9.67 Å². The first kappa shape index (κ1) is 18.3. The second-order valence-electron chi connectivity index (χ2n) is 4.53. The number of halogens is 2. The van der Waals surface area contributed by atoms with Gasteiger partial charge in [0, 0.05) is 15.7 Å². The molecular formula is C15H12Cl2N2O4S. The van der Waals surface area contributed by atoms with Crippen LogP contribution in [-0.2, 0) is 14.3 Å². The number of thiophene rings is 1. The molecule has 0 aliphatic rings. The molecule has 0 fully saturated rings. The zero-order valence-corrected chi connectivity index (χ0v) is 14.5. The molecule has 0 spiro atoms. The monoisotopic (exact) mass is 386 g/mol. The molecular weight excluding hydrogens is 375 g/mol. The van der Waals surface area contributed by atoms with Gasteiger partial charge in [0.2, 0.25) is 0 Å². The Morgan fingerprint density at radius 3 is 2.46 bits per heavy atom. The van der Waals surface area contributed by atoms with E-state index in [4.69, 9.17) is 27.9 Å². The van der Waals surface area contributed by atoms with Crippen molar-refractivity contribution in [3.8, 4) is 0 Å². The minimum Gasteiger partial charge on any atom is -0.454 e. The van der Waals surface area contributed by atoms with E-state index in [0.717, 1.165) is 0 Å². The van der Waals surface area contributed by atoms with E-state index in [-0.39, 0.29) is 12.5 Å². The number of anilines is 1. The molecule has 24 heavy (non-hydrogen) atoms. The average molecular weight is 387 g/mol. The number of amides is 2. The van der Waals surface area contributed by atoms with Crippen LogP contribution in [0, 0.1) is 0 Å². The first-order valence-electron chi connectivity index (χ1n) is 6.67. The molecule has 0 aliphatic heterocycles. The third-order valence-corrected chi connectivity index (χ3v) is 3.95. The summed E-state index contributed by atoms with van der Waals surface area (Å²) in [6, 6.07) is 7.90. The molecule has 0 saturated heterocycles. The number of rotatable bonds is 6. The number of hydrogen-bond donors (Lipinski definition) is 2. The van der Waals surface area contributed by atoms with Crippen molar-refractivity contribution >= 4 is 58.0 Å². The molecule has 0 aliphatic carbocycles. The third-order valence-electron chi connectivity index (χ3n) is 2.65. The molecule has 0 bridgehead atoms. The van der Waals surface area contributed by atoms with Crippen molar-refractivity contribution in [2.75, 3.05) is 18.5 Å². The number of benzene rings is 1. The maximum absolute atomic E-state index is 11.7. The topological polar surface area (TPSA) is 84.5 Å². The van der Waals surface area contributed by atoms with Crippen LogP contribution in [0.4, 0.5) is 5.69 Å². The molecule has 0 atom stereocenters. The van der Waals surface area contributed by atoms with Crippen LogP contribution in [0.3, 0.4) is 0 Å². The van der Waals surface area contributed by atoms with Gasteiger partial charge >= 0.3 is 5.97 Å². The Kier molecular flexibility index (Phi) is 6.60. The molecule has 1 aromatic carbocycles. The van der Waals surface area contributed by atoms with Gasteiger partial charge < -0.3 is 15.4 Å². The van der Waals surface area contributed by atoms with Crippen molar-refractivity contribution in [2.24, 2.45) is 0 Å². The standard InChI is InChI=1S/C15H12Cl2N2O4S/c16-9-4-10(17)6-11(5-9)19-13(20)8-23-14(21)7-18-15(22)12-2-1-3-24-12/h1-6H,7-8H2,(H,18,22)(H,19,20). The van der Waals surface area contributed by atoms with Crippen LogP contribution in [0.25, 0.3) is 0 Å². The fourth-order valence-corrected chi connectivity index (χ4v) is 2.83. The first-order chi connectivity index (χ1) is 11.4. The molecule has 9 heteroatoms. The average Bonchev–Trinajstić information content (AvgIpc) is 3.04. The van der Waals surface area contributed by atoms with Gasteiger partial charge in [0.15, 0.2) is 6.61 Å². The predicted octanol–water partition coefficient (Wildman–Crippen LogP) is 2.97. The number of carbonyl (C=O) groups excluding carboxylic acids is 3. The van der Waals surface area contributed by atoms with Crippen molar-refractivity contribution in [3.05, 3.63) is 50.6 Å². The third kappa shape index (κ3) is 5.84. The summed E-state index contributed by atoms with van der Waals surface area (Å²) >= 11 is 12.9. The van der Waals surface area contributed by atoms with Gasteiger partial charge in [0.1, 0.15) is 6.54 Å². The van der Waals surface area contributed by atoms with Gasteiger partial charge in [-0.3, -0.25) is 14.4 Å². The number of nitrogens with one attached hydrogen (secondary N) is 2. The van der Waals surface area contributed by atoms with E-state index >= 15 is 0 Å². The predicted molar refractivity (Wildman–Crippen MR) is 92.7 cm³/mol. The van der Waals surface area contributed by atoms with Gasteiger partial charge in [0.25, 0.3) is 11.8 Å². The normalized spacial score (nSPS) is 10.1. The number of ether oxygens (including phenoxy) is 1. The van der Waals surface area contributed by atoms with Crippen molar-refractivity contribution in [1.29, 1.82) is 0 Å². The van der Waals surface area contributed by atoms with Crippen molar-refractivity contribution in [3.63, 3.8) is 0 Å². The molecule has 0 radical (unpaired) electrons. The van der Waals surface area contributed by atoms with Gasteiger partial charge in [-0.25, -0.2) is 0 Å². The summed E-state index contributed by atoms with van der Waals surface area (Å²) in [6.45, 7) is -0.815. The molecule has 2 aromatic rings. The Labute approximate surface area is 151 Å². The minimum absolute atomic E-state index is 0.326. The summed E-state index contributed by atoms with van der Waals surface area (Å²) in [5, 5.41) is 7.38. The maximum atomic E-state index is 11.7. The quantitative estimate of drug-likeness (QED) is 0.747. The molecule has 1 heterocycles. The number of hydrogen-bond acceptors (Lipinski definition) is 5. The van der Waals surface area contributed by atoms with Crippen LogP contribution in [0.2, 0.25) is 10.0 Å². The summed E-state index contributed by atoms with van der Waals surface area (Å²) in [5.74, 6) is -1.65. The SMILES string of the molecule is O=C(COC(=O)CNC(=O)c1cccs1)Nc1cc(Cl)cc(Cl)c1. The second kappa shape index (κ2) is 8.68. The summed E-state index contributed by atoms with van der Waals surface area (Å²) in [4.78, 5) is 35.4. The molecule has 2 rings (SSSR count). The van der Waals surface area contributed by atoms with E-state index in [1.807, 2.05) is 0 Å². The van der Waals surface area contributed by atoms with Crippen molar-refractivity contribution in [1.82, 2.24) is 5.32 Å². The van der Waals surface area contributed by atoms with Crippen LogP contribution in [0.15, 0.2) is 35.7 Å². The maximum Gasteiger partial charge on any atom is 0.325 e. The fourth-order valence-electron chi connectivity index (χ4n) is 1.67. The highest BCUT2D eigenvalue weighted by atomic mass is 35.5. The van der Waals surface area contributed by atoms with Gasteiger partial charge in [-0.15, -0.1) is 11.3 Å². The zero-order valence-electron chi connectivity index (χ0n) is 12.2. The largest absolute Gasteiger partial charge is 0.454 e. The Balaban J connectivity index is 1.73. The highest BCUT2D eigenvalue weighted by Gasteiger charge is 2.11. The summed E-state index contributed by atoms with van der Waals surface area (Å²) < 4.78 is 4.78. The Bertz CT molecular complexity index is 730. The molecule has 0 saturated carbocycles. The van der Waals surface area contributed by atoms with E-state index in [1.54, 1.807) is 17.5 Å². The van der Waals surface area contributed by atoms with Crippen LogP contribution in [-0.4, -0.2) is 30.9 Å². The zero-order chi connectivity index (χ0) is 17.5. The van der Waals surface area contributed by atoms with Gasteiger partial charge in [0.05, 0.1) is 4.88 Å². The van der Waals surface area contributed by atoms with Gasteiger partial charge in [-0.1, -0.05) is 29.3 Å². The highest BCUT2D eigenvalue weighted by Crippen LogP contribution is 2.22. The summed E-state index contributed by atoms with van der Waals surface area (Å²) in [7, 11) is 0. The smallest absolute Gasteiger partial charge is 0.325 e. The lowest BCUT2D eigenvalue weighted by Crippen LogP contribution is -2.31. The lowest BCUT2D eigenvalue weighted by molar-refractivity contribution is -0.146. The summed E-state index contributed by atoms with van der Waals surface area (Å²) in [5.41, 5.74) is 0.388. The second-order valence-corrected chi connectivity index (χ2v) is 6.35. The van der Waals surface area contributed by atoms with Crippen LogP contribution < -0.4 is 10.6 Å². The van der Waals surface area contributed by atoms with E-state index in [0.29, 0.717) is 20.6 Å². The van der Waals surface area contributed by atoms with E-state index < -0.39 is 18.5 Å². The number of esters is 1. The van der Waals surface area contributed by atoms with Crippen molar-refractivity contribution < 1.29 is 19.1 Å². The van der Waals surface area contributed by atoms with E-state index in [2.05, 4.69) is 10.6 Å². The Morgan fingerprint density at radius 1 is 1.12 bits per heavy atom. The van der Waals surface area contributed by atoms with E-state index in [1.165, 1.54) is 29.5 Å². The molecule has 6 nitrogen and oxygen atoms in total. The summed E-state index contributed by atoms with van der Waals surface area (Å²) in [6.07, 6.45) is 0. The molecule has 0 unspecified atom stereocenters. The molecule has 2 N–H and O–H groups in total. The molecule has 1 aromatic heterocycles. The Hall–Kier alpha value is -2.09. The lowest BCUT2D eigenvalue weighted by atomic mass is 10.3. The Morgan fingerprint density at radius 2 is 1.83 bits per heavy atom. The highest BCUT2D eigenvalue weighted by molar-refractivity contribution is 7.12. The number of carbonyl (C=O) groups is 3. The minimum atomic E-state index is -0.723. The first-order valence-corrected chi connectivity index (χ1v) is 8.31. The van der Waals surface area contributed by atoms with E-state index in [9.17, 15) is 14.4 Å². The molecule has 126 valence electrons. The van der Waals surface area contributed by atoms with Crippen molar-refractivity contribution in [2.45, 2.75) is 0 Å². The fraction of sp³-hybridized carbons (Fsp3) is 0.133. The molecule has 2 amide bonds. The van der Waals surface area contributed by atoms with Gasteiger partial charge in [-0.2, -0.15) is 0 Å².